The highest BCUT2D eigenvalue weighted by molar-refractivity contribution is 9.10. The lowest BCUT2D eigenvalue weighted by Gasteiger charge is -2.29. The van der Waals surface area contributed by atoms with E-state index in [-0.39, 0.29) is 0 Å². The van der Waals surface area contributed by atoms with Crippen LogP contribution in [0.25, 0.3) is 0 Å². The Balaban J connectivity index is 2.90. The molecule has 1 aromatic rings. The normalized spacial score (nSPS) is 14.4. The van der Waals surface area contributed by atoms with Crippen molar-refractivity contribution in [3.05, 3.63) is 28.7 Å². The third-order valence-corrected chi connectivity index (χ3v) is 3.03. The van der Waals surface area contributed by atoms with Gasteiger partial charge in [-0.3, -0.25) is 0 Å². The second-order valence-corrected chi connectivity index (χ2v) is 5.79. The van der Waals surface area contributed by atoms with E-state index in [1.807, 2.05) is 38.1 Å². The van der Waals surface area contributed by atoms with Crippen LogP contribution in [-0.2, 0) is 4.79 Å². The van der Waals surface area contributed by atoms with Crippen molar-refractivity contribution < 1.29 is 9.90 Å². The molecule has 0 spiro atoms. The molecule has 0 saturated carbocycles. The molecule has 4 heteroatoms. The summed E-state index contributed by atoms with van der Waals surface area (Å²) in [6.45, 7) is 5.75. The fraction of sp³-hybridized carbons (Fsp3) is 0.462. The standard InChI is InChI=1S/C13H18BrNO2/c1-9(2)8-13(3,12(16)17)15-11-6-4-5-10(14)7-11/h4-7,9,15H,8H2,1-3H3,(H,16,17). The number of rotatable bonds is 5. The Hall–Kier alpha value is -1.03. The van der Waals surface area contributed by atoms with Crippen molar-refractivity contribution in [3.63, 3.8) is 0 Å². The minimum absolute atomic E-state index is 0.316. The van der Waals surface area contributed by atoms with Crippen molar-refractivity contribution in [2.45, 2.75) is 32.7 Å². The number of anilines is 1. The van der Waals surface area contributed by atoms with E-state index in [1.54, 1.807) is 6.92 Å². The molecule has 1 atom stereocenters. The largest absolute Gasteiger partial charge is 0.480 e. The summed E-state index contributed by atoms with van der Waals surface area (Å²) in [5.41, 5.74) is -0.125. The molecule has 0 fully saturated rings. The minimum atomic E-state index is -0.936. The van der Waals surface area contributed by atoms with Crippen LogP contribution in [0, 0.1) is 5.92 Å². The molecule has 1 unspecified atom stereocenters. The van der Waals surface area contributed by atoms with Crippen molar-refractivity contribution in [1.82, 2.24) is 0 Å². The molecule has 0 bridgehead atoms. The molecule has 1 rings (SSSR count). The summed E-state index contributed by atoms with van der Waals surface area (Å²) in [5, 5.41) is 12.4. The molecule has 2 N–H and O–H groups in total. The van der Waals surface area contributed by atoms with E-state index in [1.165, 1.54) is 0 Å². The van der Waals surface area contributed by atoms with Gasteiger partial charge < -0.3 is 10.4 Å². The van der Waals surface area contributed by atoms with Gasteiger partial charge in [0.2, 0.25) is 0 Å². The second kappa shape index (κ2) is 5.54. The van der Waals surface area contributed by atoms with E-state index in [0.717, 1.165) is 10.2 Å². The first-order valence-electron chi connectivity index (χ1n) is 5.60. The number of carboxylic acid groups (broad SMARTS) is 1. The van der Waals surface area contributed by atoms with Gasteiger partial charge in [0.1, 0.15) is 5.54 Å². The van der Waals surface area contributed by atoms with Gasteiger partial charge in [-0.05, 0) is 37.5 Å². The number of halogens is 1. The molecule has 0 aromatic heterocycles. The molecule has 94 valence electrons. The maximum atomic E-state index is 11.4. The molecule has 0 amide bonds. The third-order valence-electron chi connectivity index (χ3n) is 2.53. The predicted molar refractivity (Wildman–Crippen MR) is 73.3 cm³/mol. The summed E-state index contributed by atoms with van der Waals surface area (Å²) in [6.07, 6.45) is 0.578. The molecule has 0 radical (unpaired) electrons. The molecule has 0 aliphatic carbocycles. The van der Waals surface area contributed by atoms with Crippen molar-refractivity contribution >= 4 is 27.6 Å². The number of aliphatic carboxylic acids is 1. The van der Waals surface area contributed by atoms with Crippen LogP contribution >= 0.6 is 15.9 Å². The van der Waals surface area contributed by atoms with Crippen LogP contribution in [0.2, 0.25) is 0 Å². The van der Waals surface area contributed by atoms with E-state index in [0.29, 0.717) is 12.3 Å². The maximum absolute atomic E-state index is 11.4. The summed E-state index contributed by atoms with van der Waals surface area (Å²) in [7, 11) is 0. The van der Waals surface area contributed by atoms with Gasteiger partial charge in [0, 0.05) is 10.2 Å². The van der Waals surface area contributed by atoms with Gasteiger partial charge in [0.05, 0.1) is 0 Å². The van der Waals surface area contributed by atoms with Crippen LogP contribution in [0.4, 0.5) is 5.69 Å². The van der Waals surface area contributed by atoms with Crippen molar-refractivity contribution in [3.8, 4) is 0 Å². The van der Waals surface area contributed by atoms with Gasteiger partial charge in [-0.1, -0.05) is 35.8 Å². The highest BCUT2D eigenvalue weighted by atomic mass is 79.9. The summed E-state index contributed by atoms with van der Waals surface area (Å²) >= 11 is 3.37. The Morgan fingerprint density at radius 3 is 2.65 bits per heavy atom. The number of carbonyl (C=O) groups is 1. The quantitative estimate of drug-likeness (QED) is 0.870. The third kappa shape index (κ3) is 4.04. The van der Waals surface area contributed by atoms with Gasteiger partial charge in [0.15, 0.2) is 0 Å². The Morgan fingerprint density at radius 1 is 1.53 bits per heavy atom. The zero-order valence-electron chi connectivity index (χ0n) is 10.3. The summed E-state index contributed by atoms with van der Waals surface area (Å²) in [6, 6.07) is 7.53. The fourth-order valence-electron chi connectivity index (χ4n) is 1.89. The molecule has 3 nitrogen and oxygen atoms in total. The SMILES string of the molecule is CC(C)CC(C)(Nc1cccc(Br)c1)C(=O)O. The number of hydrogen-bond donors (Lipinski definition) is 2. The minimum Gasteiger partial charge on any atom is -0.480 e. The molecule has 0 aliphatic heterocycles. The van der Waals surface area contributed by atoms with Crippen LogP contribution in [0.3, 0.4) is 0 Å². The lowest BCUT2D eigenvalue weighted by molar-refractivity contribution is -0.142. The molecule has 0 aliphatic rings. The topological polar surface area (TPSA) is 49.3 Å². The van der Waals surface area contributed by atoms with Gasteiger partial charge in [0.25, 0.3) is 0 Å². The van der Waals surface area contributed by atoms with E-state index in [9.17, 15) is 9.90 Å². The lowest BCUT2D eigenvalue weighted by Crippen LogP contribution is -2.44. The van der Waals surface area contributed by atoms with E-state index >= 15 is 0 Å². The molecule has 0 heterocycles. The first kappa shape index (κ1) is 14.0. The smallest absolute Gasteiger partial charge is 0.329 e. The average Bonchev–Trinajstić information content (AvgIpc) is 2.15. The van der Waals surface area contributed by atoms with Gasteiger partial charge >= 0.3 is 5.97 Å². The number of carboxylic acids is 1. The molecular formula is C13H18BrNO2. The number of nitrogens with one attached hydrogen (secondary N) is 1. The summed E-state index contributed by atoms with van der Waals surface area (Å²) in [5.74, 6) is -0.512. The van der Waals surface area contributed by atoms with Gasteiger partial charge in [-0.2, -0.15) is 0 Å². The first-order chi connectivity index (χ1) is 7.83. The first-order valence-corrected chi connectivity index (χ1v) is 6.40. The Bertz CT molecular complexity index is 406. The van der Waals surface area contributed by atoms with E-state index in [2.05, 4.69) is 21.2 Å². The monoisotopic (exact) mass is 299 g/mol. The summed E-state index contributed by atoms with van der Waals surface area (Å²) in [4.78, 5) is 11.4. The Morgan fingerprint density at radius 2 is 2.18 bits per heavy atom. The van der Waals surface area contributed by atoms with Crippen LogP contribution in [-0.4, -0.2) is 16.6 Å². The molecule has 17 heavy (non-hydrogen) atoms. The van der Waals surface area contributed by atoms with Crippen LogP contribution in [0.5, 0.6) is 0 Å². The van der Waals surface area contributed by atoms with Crippen molar-refractivity contribution in [2.75, 3.05) is 5.32 Å². The highest BCUT2D eigenvalue weighted by Gasteiger charge is 2.33. The Kier molecular flexibility index (Phi) is 4.57. The van der Waals surface area contributed by atoms with Crippen LogP contribution in [0.1, 0.15) is 27.2 Å². The lowest BCUT2D eigenvalue weighted by atomic mass is 9.90. The van der Waals surface area contributed by atoms with Crippen molar-refractivity contribution in [1.29, 1.82) is 0 Å². The van der Waals surface area contributed by atoms with Gasteiger partial charge in [-0.25, -0.2) is 4.79 Å². The summed E-state index contributed by atoms with van der Waals surface area (Å²) < 4.78 is 0.930. The number of hydrogen-bond acceptors (Lipinski definition) is 2. The molecule has 1 aromatic carbocycles. The fourth-order valence-corrected chi connectivity index (χ4v) is 2.29. The Labute approximate surface area is 110 Å². The average molecular weight is 300 g/mol. The van der Waals surface area contributed by atoms with Crippen molar-refractivity contribution in [2.24, 2.45) is 5.92 Å². The number of benzene rings is 1. The van der Waals surface area contributed by atoms with E-state index in [4.69, 9.17) is 0 Å². The predicted octanol–water partition coefficient (Wildman–Crippen LogP) is 3.75. The highest BCUT2D eigenvalue weighted by Crippen LogP contribution is 2.24. The van der Waals surface area contributed by atoms with Gasteiger partial charge in [-0.15, -0.1) is 0 Å². The zero-order valence-corrected chi connectivity index (χ0v) is 11.9. The van der Waals surface area contributed by atoms with E-state index < -0.39 is 11.5 Å². The zero-order chi connectivity index (χ0) is 13.1. The van der Waals surface area contributed by atoms with Crippen LogP contribution < -0.4 is 5.32 Å². The molecule has 0 saturated heterocycles. The molecular weight excluding hydrogens is 282 g/mol. The second-order valence-electron chi connectivity index (χ2n) is 4.87. The maximum Gasteiger partial charge on any atom is 0.329 e. The van der Waals surface area contributed by atoms with Crippen LogP contribution in [0.15, 0.2) is 28.7 Å².